The summed E-state index contributed by atoms with van der Waals surface area (Å²) in [4.78, 5) is 32.6. The third-order valence-corrected chi connectivity index (χ3v) is 10.5. The van der Waals surface area contributed by atoms with Gasteiger partial charge in [-0.25, -0.2) is 4.98 Å². The molecule has 2 heterocycles. The van der Waals surface area contributed by atoms with Crippen molar-refractivity contribution in [1.29, 1.82) is 0 Å². The zero-order valence-electron chi connectivity index (χ0n) is 25.5. The van der Waals surface area contributed by atoms with Gasteiger partial charge in [-0.3, -0.25) is 14.5 Å². The van der Waals surface area contributed by atoms with Crippen LogP contribution in [0.2, 0.25) is 10.0 Å². The highest BCUT2D eigenvalue weighted by Crippen LogP contribution is 2.30. The highest BCUT2D eigenvalue weighted by atomic mass is 35.5. The number of nitrogens with one attached hydrogen (secondary N) is 2. The molecule has 8 nitrogen and oxygen atoms in total. The average molecular weight is 699 g/mol. The van der Waals surface area contributed by atoms with Gasteiger partial charge >= 0.3 is 0 Å². The number of halogens is 2. The van der Waals surface area contributed by atoms with Crippen LogP contribution in [0.1, 0.15) is 30.9 Å². The number of aromatic nitrogens is 1. The van der Waals surface area contributed by atoms with Gasteiger partial charge < -0.3 is 21.1 Å². The normalized spacial score (nSPS) is 15.3. The minimum Gasteiger partial charge on any atom is -0.372 e. The van der Waals surface area contributed by atoms with Crippen LogP contribution in [0.3, 0.4) is 0 Å². The van der Waals surface area contributed by atoms with E-state index in [-0.39, 0.29) is 17.9 Å². The van der Waals surface area contributed by atoms with Gasteiger partial charge in [-0.15, -0.1) is 11.3 Å². The third kappa shape index (κ3) is 10.0. The lowest BCUT2D eigenvalue weighted by Crippen LogP contribution is -2.45. The van der Waals surface area contributed by atoms with Crippen LogP contribution in [0.25, 0.3) is 11.3 Å². The fourth-order valence-electron chi connectivity index (χ4n) is 5.09. The number of piperidine rings is 1. The second-order valence-electron chi connectivity index (χ2n) is 11.3. The van der Waals surface area contributed by atoms with Crippen LogP contribution in [0.5, 0.6) is 0 Å². The molecule has 5 rings (SSSR count). The van der Waals surface area contributed by atoms with E-state index in [2.05, 4.69) is 15.5 Å². The Balaban J connectivity index is 1.04. The molecule has 242 valence electrons. The van der Waals surface area contributed by atoms with E-state index in [9.17, 15) is 9.59 Å². The maximum Gasteiger partial charge on any atom is 0.243 e. The van der Waals surface area contributed by atoms with Crippen LogP contribution in [0, 0.1) is 0 Å². The van der Waals surface area contributed by atoms with Gasteiger partial charge in [0.25, 0.3) is 0 Å². The van der Waals surface area contributed by atoms with E-state index in [1.54, 1.807) is 6.92 Å². The van der Waals surface area contributed by atoms with Crippen LogP contribution in [0.15, 0.2) is 82.5 Å². The Morgan fingerprint density at radius 3 is 2.59 bits per heavy atom. The fraction of sp³-hybridized carbons (Fsp3) is 0.324. The van der Waals surface area contributed by atoms with Crippen LogP contribution < -0.4 is 16.4 Å². The van der Waals surface area contributed by atoms with E-state index in [1.807, 2.05) is 78.2 Å². The molecule has 0 radical (unpaired) electrons. The molecule has 46 heavy (non-hydrogen) atoms. The summed E-state index contributed by atoms with van der Waals surface area (Å²) in [5.74, 6) is -0.0160. The van der Waals surface area contributed by atoms with Crippen LogP contribution in [-0.4, -0.2) is 58.7 Å². The van der Waals surface area contributed by atoms with Crippen molar-refractivity contribution in [3.8, 4) is 11.3 Å². The number of hydrogen-bond acceptors (Lipinski definition) is 8. The Labute approximate surface area is 288 Å². The molecular weight excluding hydrogens is 661 g/mol. The molecule has 2 atom stereocenters. The summed E-state index contributed by atoms with van der Waals surface area (Å²) in [6.45, 7) is 4.79. The molecule has 0 saturated carbocycles. The first-order valence-electron chi connectivity index (χ1n) is 15.1. The summed E-state index contributed by atoms with van der Waals surface area (Å²) in [6, 6.07) is 22.3. The highest BCUT2D eigenvalue weighted by Gasteiger charge is 2.23. The molecule has 1 fully saturated rings. The molecule has 4 N–H and O–H groups in total. The zero-order chi connectivity index (χ0) is 32.5. The number of hydrogen-bond donors (Lipinski definition) is 3. The van der Waals surface area contributed by atoms with E-state index in [4.69, 9.17) is 38.7 Å². The van der Waals surface area contributed by atoms with Crippen molar-refractivity contribution in [3.05, 3.63) is 99.3 Å². The summed E-state index contributed by atoms with van der Waals surface area (Å²) in [5.41, 5.74) is 10.6. The Morgan fingerprint density at radius 1 is 1.04 bits per heavy atom. The van der Waals surface area contributed by atoms with Gasteiger partial charge in [0, 0.05) is 42.3 Å². The molecule has 1 aromatic heterocycles. The molecule has 0 spiro atoms. The molecule has 1 saturated heterocycles. The Kier molecular flexibility index (Phi) is 12.5. The van der Waals surface area contributed by atoms with E-state index in [1.165, 1.54) is 23.1 Å². The predicted octanol–water partition coefficient (Wildman–Crippen LogP) is 6.86. The molecule has 0 bridgehead atoms. The summed E-state index contributed by atoms with van der Waals surface area (Å²) in [7, 11) is 0. The lowest BCUT2D eigenvalue weighted by Gasteiger charge is -2.32. The topological polar surface area (TPSA) is 110 Å². The largest absolute Gasteiger partial charge is 0.372 e. The number of likely N-dealkylation sites (tertiary alicyclic amines) is 1. The van der Waals surface area contributed by atoms with Crippen molar-refractivity contribution in [2.45, 2.75) is 55.4 Å². The van der Waals surface area contributed by atoms with Gasteiger partial charge in [-0.2, -0.15) is 0 Å². The number of nitrogens with two attached hydrogens (primary N) is 1. The third-order valence-electron chi connectivity index (χ3n) is 7.74. The Bertz CT molecular complexity index is 1620. The molecular formula is C34H37Cl2N5O3S2. The smallest absolute Gasteiger partial charge is 0.243 e. The first-order valence-corrected chi connectivity index (χ1v) is 17.7. The first-order chi connectivity index (χ1) is 22.2. The van der Waals surface area contributed by atoms with Crippen LogP contribution in [-0.2, 0) is 27.5 Å². The number of carbonyl (C=O) groups excluding carboxylic acids is 2. The number of carbonyl (C=O) groups is 2. The van der Waals surface area contributed by atoms with Crippen LogP contribution >= 0.6 is 46.3 Å². The van der Waals surface area contributed by atoms with Gasteiger partial charge in [0.15, 0.2) is 4.34 Å². The highest BCUT2D eigenvalue weighted by molar-refractivity contribution is 8.01. The summed E-state index contributed by atoms with van der Waals surface area (Å²) in [6.07, 6.45) is 1.33. The van der Waals surface area contributed by atoms with E-state index in [0.29, 0.717) is 28.1 Å². The van der Waals surface area contributed by atoms with Crippen molar-refractivity contribution in [3.63, 3.8) is 0 Å². The average Bonchev–Trinajstić information content (AvgIpc) is 3.55. The molecule has 2 amide bonds. The van der Waals surface area contributed by atoms with Gasteiger partial charge in [-0.1, -0.05) is 83.5 Å². The number of amides is 2. The van der Waals surface area contributed by atoms with E-state index < -0.39 is 12.1 Å². The zero-order valence-corrected chi connectivity index (χ0v) is 28.6. The molecule has 12 heteroatoms. The second-order valence-corrected chi connectivity index (χ2v) is 14.1. The molecule has 4 aromatic rings. The van der Waals surface area contributed by atoms with Gasteiger partial charge in [0.2, 0.25) is 11.8 Å². The second kappa shape index (κ2) is 16.7. The molecule has 1 aliphatic heterocycles. The Morgan fingerprint density at radius 2 is 1.83 bits per heavy atom. The molecule has 1 aliphatic rings. The lowest BCUT2D eigenvalue weighted by molar-refractivity contribution is -0.121. The van der Waals surface area contributed by atoms with Crippen LogP contribution in [0.4, 0.5) is 5.69 Å². The SMILES string of the molecule is C[C@H](OCc1ccccc1)[C@H](N)C(=O)Nc1cccc(-c2csc(SCC(=O)NC3CCN(Cc4ccc(Cl)c(Cl)c4)CC3)n2)c1. The monoisotopic (exact) mass is 697 g/mol. The summed E-state index contributed by atoms with van der Waals surface area (Å²) < 4.78 is 6.63. The Hall–Kier alpha value is -2.96. The van der Waals surface area contributed by atoms with Gasteiger partial charge in [-0.05, 0) is 55.2 Å². The van der Waals surface area contributed by atoms with Crippen molar-refractivity contribution < 1.29 is 14.3 Å². The van der Waals surface area contributed by atoms with E-state index >= 15 is 0 Å². The lowest BCUT2D eigenvalue weighted by atomic mass is 10.0. The fourth-order valence-corrected chi connectivity index (χ4v) is 7.05. The molecule has 0 aliphatic carbocycles. The van der Waals surface area contributed by atoms with E-state index in [0.717, 1.165) is 59.2 Å². The predicted molar refractivity (Wildman–Crippen MR) is 188 cm³/mol. The maximum absolute atomic E-state index is 12.8. The number of thioether (sulfide) groups is 1. The minimum absolute atomic E-state index is 0.00714. The van der Waals surface area contributed by atoms with Crippen molar-refractivity contribution >= 4 is 63.8 Å². The maximum atomic E-state index is 12.8. The summed E-state index contributed by atoms with van der Waals surface area (Å²) >= 11 is 15.1. The van der Waals surface area contributed by atoms with Gasteiger partial charge in [0.1, 0.15) is 6.04 Å². The number of benzene rings is 3. The number of ether oxygens (including phenoxy) is 1. The van der Waals surface area contributed by atoms with Crippen molar-refractivity contribution in [2.75, 3.05) is 24.2 Å². The number of thiazole rings is 1. The van der Waals surface area contributed by atoms with Crippen molar-refractivity contribution in [1.82, 2.24) is 15.2 Å². The molecule has 0 unspecified atom stereocenters. The quantitative estimate of drug-likeness (QED) is 0.131. The first kappa shape index (κ1) is 34.4. The number of anilines is 1. The molecule has 3 aromatic carbocycles. The van der Waals surface area contributed by atoms with Gasteiger partial charge in [0.05, 0.1) is 34.2 Å². The van der Waals surface area contributed by atoms with Crippen molar-refractivity contribution in [2.24, 2.45) is 5.73 Å². The number of nitrogens with zero attached hydrogens (tertiary/aromatic N) is 2. The number of rotatable bonds is 13. The summed E-state index contributed by atoms with van der Waals surface area (Å²) in [5, 5.41) is 9.16. The standard InChI is InChI=1S/C34H37Cl2N5O3S2/c1-22(44-19-23-6-3-2-4-7-23)32(37)33(43)39-27-9-5-8-25(17-27)30-20-45-34(40-30)46-21-31(42)38-26-12-14-41(15-13-26)18-24-10-11-28(35)29(36)16-24/h2-11,16-17,20,22,26,32H,12-15,18-19,21,37H2,1H3,(H,38,42)(H,39,43)/t22-,32-/m0/s1. The minimum atomic E-state index is -0.831.